The second-order valence-electron chi connectivity index (χ2n) is 2.22. The zero-order valence-electron chi connectivity index (χ0n) is 6.05. The summed E-state index contributed by atoms with van der Waals surface area (Å²) >= 11 is 0. The summed E-state index contributed by atoms with van der Waals surface area (Å²) in [5, 5.41) is 0. The van der Waals surface area contributed by atoms with Crippen molar-refractivity contribution in [2.24, 2.45) is 0 Å². The van der Waals surface area contributed by atoms with Crippen molar-refractivity contribution in [3.8, 4) is 0 Å². The zero-order chi connectivity index (χ0) is 7.11. The van der Waals surface area contributed by atoms with Gasteiger partial charge < -0.3 is 4.79 Å². The Hall–Kier alpha value is -0.373. The van der Waals surface area contributed by atoms with Crippen LogP contribution in [0.15, 0.2) is 11.8 Å². The third kappa shape index (κ3) is 7.63. The highest BCUT2D eigenvalue weighted by atomic mass is 28.3. The topological polar surface area (TPSA) is 17.1 Å². The maximum absolute atomic E-state index is 9.82. The van der Waals surface area contributed by atoms with Crippen molar-refractivity contribution in [1.82, 2.24) is 0 Å². The summed E-state index contributed by atoms with van der Waals surface area (Å²) in [5.41, 5.74) is 2.22. The first-order valence-electron chi connectivity index (χ1n) is 3.17. The Kier molecular flexibility index (Phi) is 5.52. The van der Waals surface area contributed by atoms with Crippen LogP contribution >= 0.6 is 0 Å². The third-order valence-electron chi connectivity index (χ3n) is 0.902. The van der Waals surface area contributed by atoms with E-state index in [-0.39, 0.29) is 8.80 Å². The largest absolute Gasteiger partial charge is 0.303 e. The van der Waals surface area contributed by atoms with Crippen molar-refractivity contribution in [1.29, 1.82) is 0 Å². The molecule has 0 aliphatic rings. The molecule has 0 aromatic heterocycles. The van der Waals surface area contributed by atoms with Crippen LogP contribution < -0.4 is 0 Å². The van der Waals surface area contributed by atoms with E-state index in [4.69, 9.17) is 0 Å². The van der Waals surface area contributed by atoms with Crippen molar-refractivity contribution in [2.75, 3.05) is 0 Å². The number of unbranched alkanes of at least 4 members (excludes halogenated alkanes) is 1. The first kappa shape index (κ1) is 8.63. The van der Waals surface area contributed by atoms with Gasteiger partial charge in [-0.25, -0.2) is 0 Å². The number of carbonyl (C=O) groups is 1. The molecule has 0 saturated carbocycles. The smallest absolute Gasteiger partial charge is 0.120 e. The van der Waals surface area contributed by atoms with Crippen LogP contribution in [-0.4, -0.2) is 15.1 Å². The monoisotopic (exact) mass is 141 g/mol. The summed E-state index contributed by atoms with van der Waals surface area (Å²) in [4.78, 5) is 9.82. The standard InChI is InChI=1S/C7H13OSi/c1-9(2)7-5-3-4-6-8/h5-7H,3-4H2,1-2H3/b7-5+. The maximum atomic E-state index is 9.82. The van der Waals surface area contributed by atoms with Gasteiger partial charge >= 0.3 is 0 Å². The lowest BCUT2D eigenvalue weighted by atomic mass is 10.3. The van der Waals surface area contributed by atoms with Gasteiger partial charge in [0.25, 0.3) is 0 Å². The highest BCUT2D eigenvalue weighted by Gasteiger charge is 1.84. The SMILES string of the molecule is C[Si](C)/C=C/CCC=O. The molecule has 0 fully saturated rings. The molecule has 0 aromatic carbocycles. The molecule has 0 bridgehead atoms. The minimum absolute atomic E-state index is 0.212. The number of aldehydes is 1. The van der Waals surface area contributed by atoms with Gasteiger partial charge in [0, 0.05) is 6.42 Å². The van der Waals surface area contributed by atoms with Gasteiger partial charge in [-0.1, -0.05) is 19.2 Å². The molecule has 1 nitrogen and oxygen atoms in total. The lowest BCUT2D eigenvalue weighted by Gasteiger charge is -1.88. The van der Waals surface area contributed by atoms with Gasteiger partial charge in [-0.3, -0.25) is 0 Å². The van der Waals surface area contributed by atoms with E-state index >= 15 is 0 Å². The minimum Gasteiger partial charge on any atom is -0.303 e. The molecular formula is C7H13OSi. The summed E-state index contributed by atoms with van der Waals surface area (Å²) in [6.45, 7) is 4.45. The Labute approximate surface area is 58.4 Å². The van der Waals surface area contributed by atoms with E-state index in [1.54, 1.807) is 0 Å². The summed E-state index contributed by atoms with van der Waals surface area (Å²) in [6, 6.07) is 0. The molecule has 0 aromatic rings. The van der Waals surface area contributed by atoms with Gasteiger partial charge in [0.1, 0.15) is 6.29 Å². The third-order valence-corrected chi connectivity index (χ3v) is 1.80. The van der Waals surface area contributed by atoms with Crippen molar-refractivity contribution in [2.45, 2.75) is 25.9 Å². The van der Waals surface area contributed by atoms with Crippen LogP contribution in [-0.2, 0) is 4.79 Å². The van der Waals surface area contributed by atoms with Crippen molar-refractivity contribution in [3.05, 3.63) is 11.8 Å². The summed E-state index contributed by atoms with van der Waals surface area (Å²) in [7, 11) is -0.212. The second kappa shape index (κ2) is 5.76. The van der Waals surface area contributed by atoms with Crippen LogP contribution in [0.2, 0.25) is 13.1 Å². The fourth-order valence-corrected chi connectivity index (χ4v) is 1.12. The average Bonchev–Trinajstić information content (AvgIpc) is 1.80. The van der Waals surface area contributed by atoms with Crippen LogP contribution in [0.1, 0.15) is 12.8 Å². The van der Waals surface area contributed by atoms with E-state index in [0.717, 1.165) is 12.7 Å². The molecule has 0 N–H and O–H groups in total. The molecule has 2 heteroatoms. The first-order chi connectivity index (χ1) is 4.27. The van der Waals surface area contributed by atoms with Crippen LogP contribution in [0.25, 0.3) is 0 Å². The Morgan fingerprint density at radius 2 is 2.00 bits per heavy atom. The molecule has 0 saturated heterocycles. The molecule has 1 radical (unpaired) electrons. The fraction of sp³-hybridized carbons (Fsp3) is 0.571. The van der Waals surface area contributed by atoms with Gasteiger partial charge in [0.05, 0.1) is 8.80 Å². The van der Waals surface area contributed by atoms with Crippen molar-refractivity contribution < 1.29 is 4.79 Å². The highest BCUT2D eigenvalue weighted by molar-refractivity contribution is 6.61. The van der Waals surface area contributed by atoms with E-state index in [1.807, 2.05) is 0 Å². The van der Waals surface area contributed by atoms with Gasteiger partial charge in [-0.05, 0) is 6.42 Å². The van der Waals surface area contributed by atoms with E-state index in [2.05, 4.69) is 24.9 Å². The van der Waals surface area contributed by atoms with Crippen LogP contribution in [0, 0.1) is 0 Å². The Morgan fingerprint density at radius 3 is 2.44 bits per heavy atom. The van der Waals surface area contributed by atoms with Gasteiger partial charge in [-0.2, -0.15) is 0 Å². The van der Waals surface area contributed by atoms with E-state index in [0.29, 0.717) is 6.42 Å². The maximum Gasteiger partial charge on any atom is 0.120 e. The molecule has 0 aliphatic carbocycles. The molecule has 0 rings (SSSR count). The van der Waals surface area contributed by atoms with Gasteiger partial charge in [0.2, 0.25) is 0 Å². The molecule has 0 amide bonds. The van der Waals surface area contributed by atoms with Crippen molar-refractivity contribution in [3.63, 3.8) is 0 Å². The number of allylic oxidation sites excluding steroid dienone is 1. The minimum atomic E-state index is -0.212. The van der Waals surface area contributed by atoms with Crippen molar-refractivity contribution >= 4 is 15.1 Å². The van der Waals surface area contributed by atoms with E-state index < -0.39 is 0 Å². The predicted octanol–water partition coefficient (Wildman–Crippen LogP) is 1.82. The van der Waals surface area contributed by atoms with Gasteiger partial charge in [-0.15, -0.1) is 5.70 Å². The Morgan fingerprint density at radius 1 is 1.33 bits per heavy atom. The number of carbonyl (C=O) groups excluding carboxylic acids is 1. The van der Waals surface area contributed by atoms with Crippen LogP contribution in [0.3, 0.4) is 0 Å². The molecule has 0 unspecified atom stereocenters. The number of hydrogen-bond acceptors (Lipinski definition) is 1. The highest BCUT2D eigenvalue weighted by Crippen LogP contribution is 1.89. The number of rotatable bonds is 4. The van der Waals surface area contributed by atoms with E-state index in [9.17, 15) is 4.79 Å². The molecule has 0 aliphatic heterocycles. The quantitative estimate of drug-likeness (QED) is 0.331. The molecular weight excluding hydrogens is 128 g/mol. The summed E-state index contributed by atoms with van der Waals surface area (Å²) in [6.07, 6.45) is 4.65. The molecule has 9 heavy (non-hydrogen) atoms. The van der Waals surface area contributed by atoms with Gasteiger partial charge in [0.15, 0.2) is 0 Å². The predicted molar refractivity (Wildman–Crippen MR) is 41.9 cm³/mol. The molecule has 0 heterocycles. The molecule has 0 atom stereocenters. The fourth-order valence-electron chi connectivity index (χ4n) is 0.483. The zero-order valence-corrected chi connectivity index (χ0v) is 7.05. The molecule has 51 valence electrons. The second-order valence-corrected chi connectivity index (χ2v) is 4.71. The average molecular weight is 141 g/mol. The van der Waals surface area contributed by atoms with Crippen LogP contribution in [0.4, 0.5) is 0 Å². The van der Waals surface area contributed by atoms with Crippen LogP contribution in [0.5, 0.6) is 0 Å². The number of hydrogen-bond donors (Lipinski definition) is 0. The van der Waals surface area contributed by atoms with E-state index in [1.165, 1.54) is 0 Å². The lowest BCUT2D eigenvalue weighted by Crippen LogP contribution is -1.91. The normalized spacial score (nSPS) is 11.0. The molecule has 0 spiro atoms. The first-order valence-corrected chi connectivity index (χ1v) is 5.75. The Balaban J connectivity index is 3.14. The lowest BCUT2D eigenvalue weighted by molar-refractivity contribution is -0.107. The Bertz CT molecular complexity index is 97.1. The summed E-state index contributed by atoms with van der Waals surface area (Å²) < 4.78 is 0. The summed E-state index contributed by atoms with van der Waals surface area (Å²) in [5.74, 6) is 0.